The van der Waals surface area contributed by atoms with Crippen molar-refractivity contribution in [2.45, 2.75) is 25.3 Å². The van der Waals surface area contributed by atoms with E-state index in [1.807, 2.05) is 0 Å². The molecule has 1 aliphatic rings. The van der Waals surface area contributed by atoms with Crippen LogP contribution in [0.3, 0.4) is 0 Å². The lowest BCUT2D eigenvalue weighted by atomic mass is 10.1. The van der Waals surface area contributed by atoms with E-state index in [1.54, 1.807) is 0 Å². The van der Waals surface area contributed by atoms with E-state index >= 15 is 0 Å². The third kappa shape index (κ3) is 3.78. The van der Waals surface area contributed by atoms with Gasteiger partial charge in [-0.25, -0.2) is 0 Å². The number of nitro benzene ring substituents is 1. The lowest BCUT2D eigenvalue weighted by Gasteiger charge is -2.21. The summed E-state index contributed by atoms with van der Waals surface area (Å²) >= 11 is 3.06. The highest BCUT2D eigenvalue weighted by molar-refractivity contribution is 9.10. The van der Waals surface area contributed by atoms with Crippen LogP contribution in [-0.2, 0) is 4.79 Å². The maximum Gasteiger partial charge on any atom is 0.305 e. The first-order valence-electron chi connectivity index (χ1n) is 6.37. The van der Waals surface area contributed by atoms with Gasteiger partial charge in [-0.1, -0.05) is 0 Å². The summed E-state index contributed by atoms with van der Waals surface area (Å²) in [6.45, 7) is 0.114. The predicted octanol–water partition coefficient (Wildman–Crippen LogP) is 2.44. The maximum absolute atomic E-state index is 12.4. The number of hydrogen-bond donors (Lipinski definition) is 1. The Balaban J connectivity index is 2.22. The fourth-order valence-corrected chi connectivity index (χ4v) is 2.40. The van der Waals surface area contributed by atoms with Gasteiger partial charge in [-0.2, -0.15) is 0 Å². The van der Waals surface area contributed by atoms with E-state index in [-0.39, 0.29) is 36.2 Å². The van der Waals surface area contributed by atoms with Crippen LogP contribution in [0.15, 0.2) is 22.7 Å². The normalized spacial score (nSPS) is 13.8. The Morgan fingerprint density at radius 3 is 2.62 bits per heavy atom. The molecule has 1 aromatic carbocycles. The molecule has 7 nitrogen and oxygen atoms in total. The van der Waals surface area contributed by atoms with Crippen LogP contribution in [0.4, 0.5) is 5.69 Å². The number of nitrogens with zero attached hydrogens (tertiary/aromatic N) is 2. The third-order valence-corrected chi connectivity index (χ3v) is 3.88. The van der Waals surface area contributed by atoms with Gasteiger partial charge in [-0.3, -0.25) is 19.7 Å². The van der Waals surface area contributed by atoms with Crippen molar-refractivity contribution in [3.05, 3.63) is 38.3 Å². The van der Waals surface area contributed by atoms with E-state index in [1.165, 1.54) is 23.1 Å². The topological polar surface area (TPSA) is 101 Å². The van der Waals surface area contributed by atoms with Gasteiger partial charge in [0.15, 0.2) is 0 Å². The quantitative estimate of drug-likeness (QED) is 0.623. The highest BCUT2D eigenvalue weighted by atomic mass is 79.9. The van der Waals surface area contributed by atoms with Gasteiger partial charge in [-0.05, 0) is 40.9 Å². The fourth-order valence-electron chi connectivity index (χ4n) is 2.00. The van der Waals surface area contributed by atoms with Crippen molar-refractivity contribution in [1.82, 2.24) is 4.90 Å². The average Bonchev–Trinajstić information content (AvgIpc) is 3.23. The molecule has 2 rings (SSSR count). The predicted molar refractivity (Wildman–Crippen MR) is 77.1 cm³/mol. The van der Waals surface area contributed by atoms with Crippen molar-refractivity contribution in [3.63, 3.8) is 0 Å². The van der Waals surface area contributed by atoms with Crippen LogP contribution in [0.1, 0.15) is 29.6 Å². The molecule has 1 aliphatic carbocycles. The van der Waals surface area contributed by atoms with Crippen LogP contribution < -0.4 is 0 Å². The van der Waals surface area contributed by atoms with Gasteiger partial charge in [0, 0.05) is 24.2 Å². The number of aliphatic carboxylic acids is 1. The van der Waals surface area contributed by atoms with E-state index in [9.17, 15) is 19.7 Å². The van der Waals surface area contributed by atoms with Crippen molar-refractivity contribution in [1.29, 1.82) is 0 Å². The summed E-state index contributed by atoms with van der Waals surface area (Å²) in [5, 5.41) is 19.6. The molecule has 0 spiro atoms. The number of carboxylic acid groups (broad SMARTS) is 1. The molecule has 0 unspecified atom stereocenters. The zero-order valence-corrected chi connectivity index (χ0v) is 12.6. The number of rotatable bonds is 6. The Kier molecular flexibility index (Phi) is 4.56. The molecule has 21 heavy (non-hydrogen) atoms. The largest absolute Gasteiger partial charge is 0.481 e. The van der Waals surface area contributed by atoms with Crippen LogP contribution in [0.25, 0.3) is 0 Å². The zero-order chi connectivity index (χ0) is 15.6. The summed E-state index contributed by atoms with van der Waals surface area (Å²) in [5.41, 5.74) is 0.0111. The lowest BCUT2D eigenvalue weighted by Crippen LogP contribution is -2.35. The molecular formula is C13H13BrN2O5. The average molecular weight is 357 g/mol. The minimum Gasteiger partial charge on any atom is -0.481 e. The van der Waals surface area contributed by atoms with Gasteiger partial charge < -0.3 is 10.0 Å². The number of hydrogen-bond acceptors (Lipinski definition) is 4. The molecule has 8 heteroatoms. The molecule has 0 bridgehead atoms. The molecule has 0 aromatic heterocycles. The molecule has 0 aliphatic heterocycles. The molecule has 112 valence electrons. The van der Waals surface area contributed by atoms with Gasteiger partial charge in [0.1, 0.15) is 0 Å². The second kappa shape index (κ2) is 6.21. The molecule has 0 atom stereocenters. The monoisotopic (exact) mass is 356 g/mol. The van der Waals surface area contributed by atoms with Gasteiger partial charge in [0.2, 0.25) is 0 Å². The number of amides is 1. The first-order chi connectivity index (χ1) is 9.90. The summed E-state index contributed by atoms with van der Waals surface area (Å²) in [7, 11) is 0. The van der Waals surface area contributed by atoms with Crippen molar-refractivity contribution in [2.24, 2.45) is 0 Å². The van der Waals surface area contributed by atoms with E-state index in [0.717, 1.165) is 12.8 Å². The molecule has 1 aromatic rings. The highest BCUT2D eigenvalue weighted by Crippen LogP contribution is 2.30. The van der Waals surface area contributed by atoms with Gasteiger partial charge in [0.25, 0.3) is 11.6 Å². The standard InChI is InChI=1S/C13H13BrN2O5/c14-10-4-1-8(7-11(10)16(20)21)13(19)15(9-2-3-9)6-5-12(17)18/h1,4,7,9H,2-3,5-6H2,(H,17,18). The smallest absolute Gasteiger partial charge is 0.305 e. The summed E-state index contributed by atoms with van der Waals surface area (Å²) in [6, 6.07) is 4.20. The number of nitro groups is 1. The Morgan fingerprint density at radius 1 is 1.43 bits per heavy atom. The summed E-state index contributed by atoms with van der Waals surface area (Å²) in [5.74, 6) is -1.34. The van der Waals surface area contributed by atoms with Crippen LogP contribution in [0, 0.1) is 10.1 Å². The Bertz CT molecular complexity index is 600. The fraction of sp³-hybridized carbons (Fsp3) is 0.385. The molecule has 1 saturated carbocycles. The van der Waals surface area contributed by atoms with Gasteiger partial charge in [0.05, 0.1) is 15.8 Å². The second-order valence-electron chi connectivity index (χ2n) is 4.80. The third-order valence-electron chi connectivity index (χ3n) is 3.20. The number of carbonyl (C=O) groups is 2. The second-order valence-corrected chi connectivity index (χ2v) is 5.65. The number of halogens is 1. The van der Waals surface area contributed by atoms with Crippen molar-refractivity contribution >= 4 is 33.5 Å². The summed E-state index contributed by atoms with van der Waals surface area (Å²) in [4.78, 5) is 34.9. The Morgan fingerprint density at radius 2 is 2.10 bits per heavy atom. The summed E-state index contributed by atoms with van der Waals surface area (Å²) < 4.78 is 0.299. The number of carbonyl (C=O) groups excluding carboxylic acids is 1. The molecule has 0 radical (unpaired) electrons. The molecular weight excluding hydrogens is 344 g/mol. The number of benzene rings is 1. The lowest BCUT2D eigenvalue weighted by molar-refractivity contribution is -0.385. The molecule has 0 heterocycles. The molecule has 1 N–H and O–H groups in total. The van der Waals surface area contributed by atoms with Crippen molar-refractivity contribution < 1.29 is 19.6 Å². The van der Waals surface area contributed by atoms with Crippen LogP contribution in [0.2, 0.25) is 0 Å². The maximum atomic E-state index is 12.4. The number of carboxylic acids is 1. The summed E-state index contributed by atoms with van der Waals surface area (Å²) in [6.07, 6.45) is 1.54. The van der Waals surface area contributed by atoms with Crippen molar-refractivity contribution in [3.8, 4) is 0 Å². The van der Waals surface area contributed by atoms with E-state index < -0.39 is 10.9 Å². The Labute approximate surface area is 128 Å². The van der Waals surface area contributed by atoms with Gasteiger partial charge >= 0.3 is 5.97 Å². The van der Waals surface area contributed by atoms with Gasteiger partial charge in [-0.15, -0.1) is 0 Å². The van der Waals surface area contributed by atoms with Crippen LogP contribution >= 0.6 is 15.9 Å². The minimum atomic E-state index is -0.977. The van der Waals surface area contributed by atoms with E-state index in [2.05, 4.69) is 15.9 Å². The van der Waals surface area contributed by atoms with Crippen molar-refractivity contribution in [2.75, 3.05) is 6.54 Å². The van der Waals surface area contributed by atoms with Crippen LogP contribution in [0.5, 0.6) is 0 Å². The molecule has 0 saturated heterocycles. The first-order valence-corrected chi connectivity index (χ1v) is 7.16. The SMILES string of the molecule is O=C(O)CCN(C(=O)c1ccc(Br)c([N+](=O)[O-])c1)C1CC1. The highest BCUT2D eigenvalue weighted by Gasteiger charge is 2.33. The minimum absolute atomic E-state index is 0.0413. The van der Waals surface area contributed by atoms with E-state index in [0.29, 0.717) is 4.47 Å². The molecule has 1 amide bonds. The zero-order valence-electron chi connectivity index (χ0n) is 11.0. The first kappa shape index (κ1) is 15.4. The van der Waals surface area contributed by atoms with Crippen LogP contribution in [-0.4, -0.2) is 39.4 Å². The molecule has 1 fully saturated rings. The Hall–Kier alpha value is -1.96. The van der Waals surface area contributed by atoms with E-state index in [4.69, 9.17) is 5.11 Å².